The lowest BCUT2D eigenvalue weighted by atomic mass is 10.5. The number of nitrogen functional groups attached to an aromatic ring is 1. The molecule has 0 saturated carbocycles. The van der Waals surface area contributed by atoms with E-state index in [0.717, 1.165) is 6.20 Å². The Bertz CT molecular complexity index is 682. The molecule has 18 heavy (non-hydrogen) atoms. The van der Waals surface area contributed by atoms with Gasteiger partial charge in [0.05, 0.1) is 16.9 Å². The SMILES string of the molecule is Cn1cc(NS(=O)(=O)c2cnc(N)c(Cl)c2)cn1. The number of anilines is 2. The monoisotopic (exact) mass is 287 g/mol. The summed E-state index contributed by atoms with van der Waals surface area (Å²) >= 11 is 5.73. The van der Waals surface area contributed by atoms with Gasteiger partial charge in [0.2, 0.25) is 0 Å². The Morgan fingerprint density at radius 1 is 1.44 bits per heavy atom. The standard InChI is InChI=1S/C9H10ClN5O2S/c1-15-5-6(3-13-15)14-18(16,17)7-2-8(10)9(11)12-4-7/h2-5,14H,1H3,(H2,11,12). The van der Waals surface area contributed by atoms with Crippen LogP contribution in [0.1, 0.15) is 0 Å². The number of hydrogen-bond donors (Lipinski definition) is 2. The van der Waals surface area contributed by atoms with E-state index in [1.807, 2.05) is 0 Å². The number of aryl methyl sites for hydroxylation is 1. The molecule has 96 valence electrons. The lowest BCUT2D eigenvalue weighted by Crippen LogP contribution is -2.13. The second kappa shape index (κ2) is 4.46. The molecule has 2 aromatic rings. The molecule has 0 aliphatic heterocycles. The predicted molar refractivity (Wildman–Crippen MR) is 67.7 cm³/mol. The highest BCUT2D eigenvalue weighted by atomic mass is 35.5. The molecular weight excluding hydrogens is 278 g/mol. The number of nitrogens with zero attached hydrogens (tertiary/aromatic N) is 3. The molecule has 0 aliphatic carbocycles. The van der Waals surface area contributed by atoms with Gasteiger partial charge >= 0.3 is 0 Å². The molecule has 2 aromatic heterocycles. The first-order valence-electron chi connectivity index (χ1n) is 4.81. The summed E-state index contributed by atoms with van der Waals surface area (Å²) in [7, 11) is -2.07. The second-order valence-electron chi connectivity index (χ2n) is 3.55. The van der Waals surface area contributed by atoms with Crippen LogP contribution in [0.5, 0.6) is 0 Å². The summed E-state index contributed by atoms with van der Waals surface area (Å²) in [6.45, 7) is 0. The van der Waals surface area contributed by atoms with Gasteiger partial charge in [-0.15, -0.1) is 0 Å². The van der Waals surface area contributed by atoms with E-state index in [0.29, 0.717) is 5.69 Å². The third kappa shape index (κ3) is 2.54. The number of nitrogens with two attached hydrogens (primary N) is 1. The number of rotatable bonds is 3. The van der Waals surface area contributed by atoms with Gasteiger partial charge in [-0.25, -0.2) is 13.4 Å². The molecule has 0 spiro atoms. The molecule has 2 heterocycles. The predicted octanol–water partition coefficient (Wildman–Crippen LogP) is 0.852. The minimum atomic E-state index is -3.75. The van der Waals surface area contributed by atoms with Crippen LogP contribution in [-0.4, -0.2) is 23.2 Å². The van der Waals surface area contributed by atoms with Crippen LogP contribution in [0.3, 0.4) is 0 Å². The number of hydrogen-bond acceptors (Lipinski definition) is 5. The van der Waals surface area contributed by atoms with E-state index < -0.39 is 10.0 Å². The van der Waals surface area contributed by atoms with Crippen LogP contribution in [0.25, 0.3) is 0 Å². The summed E-state index contributed by atoms with van der Waals surface area (Å²) in [5, 5.41) is 3.94. The number of aromatic nitrogens is 3. The zero-order valence-electron chi connectivity index (χ0n) is 9.33. The van der Waals surface area contributed by atoms with E-state index in [1.165, 1.54) is 23.1 Å². The van der Waals surface area contributed by atoms with Crippen LogP contribution in [0.4, 0.5) is 11.5 Å². The van der Waals surface area contributed by atoms with Crippen LogP contribution in [0.15, 0.2) is 29.6 Å². The van der Waals surface area contributed by atoms with E-state index in [1.54, 1.807) is 7.05 Å². The van der Waals surface area contributed by atoms with Crippen molar-refractivity contribution in [2.24, 2.45) is 7.05 Å². The molecular formula is C9H10ClN5O2S. The zero-order chi connectivity index (χ0) is 13.3. The number of halogens is 1. The molecule has 2 rings (SSSR count). The maximum atomic E-state index is 12.0. The van der Waals surface area contributed by atoms with Crippen LogP contribution in [0.2, 0.25) is 5.02 Å². The normalized spacial score (nSPS) is 11.4. The fraction of sp³-hybridized carbons (Fsp3) is 0.111. The first-order valence-corrected chi connectivity index (χ1v) is 6.67. The molecule has 9 heteroatoms. The lowest BCUT2D eigenvalue weighted by Gasteiger charge is -2.06. The summed E-state index contributed by atoms with van der Waals surface area (Å²) < 4.78 is 27.8. The zero-order valence-corrected chi connectivity index (χ0v) is 10.9. The third-order valence-electron chi connectivity index (χ3n) is 2.11. The largest absolute Gasteiger partial charge is 0.382 e. The number of nitrogens with one attached hydrogen (secondary N) is 1. The van der Waals surface area contributed by atoms with E-state index in [2.05, 4.69) is 14.8 Å². The first-order chi connectivity index (χ1) is 8.38. The molecule has 0 atom stereocenters. The Kier molecular flexibility index (Phi) is 3.14. The minimum Gasteiger partial charge on any atom is -0.382 e. The third-order valence-corrected chi connectivity index (χ3v) is 3.76. The van der Waals surface area contributed by atoms with Gasteiger partial charge in [0.15, 0.2) is 0 Å². The highest BCUT2D eigenvalue weighted by Crippen LogP contribution is 2.21. The van der Waals surface area contributed by atoms with Crippen molar-refractivity contribution in [2.75, 3.05) is 10.5 Å². The molecule has 3 N–H and O–H groups in total. The molecule has 0 radical (unpaired) electrons. The highest BCUT2D eigenvalue weighted by molar-refractivity contribution is 7.92. The lowest BCUT2D eigenvalue weighted by molar-refractivity contribution is 0.601. The fourth-order valence-corrected chi connectivity index (χ4v) is 2.49. The average Bonchev–Trinajstić information content (AvgIpc) is 2.67. The van der Waals surface area contributed by atoms with E-state index >= 15 is 0 Å². The molecule has 0 unspecified atom stereocenters. The Hall–Kier alpha value is -1.80. The summed E-state index contributed by atoms with van der Waals surface area (Å²) in [5.74, 6) is 0.0806. The van der Waals surface area contributed by atoms with Crippen molar-refractivity contribution in [3.05, 3.63) is 29.7 Å². The van der Waals surface area contributed by atoms with Gasteiger partial charge in [-0.1, -0.05) is 11.6 Å². The van der Waals surface area contributed by atoms with Gasteiger partial charge in [0.25, 0.3) is 10.0 Å². The molecule has 0 bridgehead atoms. The summed E-state index contributed by atoms with van der Waals surface area (Å²) in [4.78, 5) is 3.63. The van der Waals surface area contributed by atoms with Crippen LogP contribution >= 0.6 is 11.6 Å². The van der Waals surface area contributed by atoms with Gasteiger partial charge < -0.3 is 5.73 Å². The molecule has 0 aliphatic rings. The fourth-order valence-electron chi connectivity index (χ4n) is 1.27. The Morgan fingerprint density at radius 2 is 2.17 bits per heavy atom. The molecule has 0 amide bonds. The van der Waals surface area contributed by atoms with E-state index in [9.17, 15) is 8.42 Å². The van der Waals surface area contributed by atoms with Crippen molar-refractivity contribution >= 4 is 33.1 Å². The van der Waals surface area contributed by atoms with Gasteiger partial charge in [-0.2, -0.15) is 5.10 Å². The summed E-state index contributed by atoms with van der Waals surface area (Å²) in [6.07, 6.45) is 4.06. The van der Waals surface area contributed by atoms with Crippen LogP contribution in [0, 0.1) is 0 Å². The van der Waals surface area contributed by atoms with Crippen LogP contribution in [-0.2, 0) is 17.1 Å². The van der Waals surface area contributed by atoms with Gasteiger partial charge in [-0.3, -0.25) is 9.40 Å². The molecule has 0 saturated heterocycles. The Morgan fingerprint density at radius 3 is 2.72 bits per heavy atom. The number of sulfonamides is 1. The van der Waals surface area contributed by atoms with Gasteiger partial charge in [0.1, 0.15) is 10.7 Å². The van der Waals surface area contributed by atoms with Gasteiger partial charge in [0, 0.05) is 19.4 Å². The average molecular weight is 288 g/mol. The van der Waals surface area contributed by atoms with Crippen molar-refractivity contribution in [3.8, 4) is 0 Å². The summed E-state index contributed by atoms with van der Waals surface area (Å²) in [5.41, 5.74) is 5.77. The minimum absolute atomic E-state index is 0.0643. The Balaban J connectivity index is 2.33. The highest BCUT2D eigenvalue weighted by Gasteiger charge is 2.16. The van der Waals surface area contributed by atoms with Crippen molar-refractivity contribution in [1.82, 2.24) is 14.8 Å². The van der Waals surface area contributed by atoms with Crippen molar-refractivity contribution in [2.45, 2.75) is 4.90 Å². The summed E-state index contributed by atoms with van der Waals surface area (Å²) in [6, 6.07) is 1.24. The van der Waals surface area contributed by atoms with Crippen molar-refractivity contribution in [3.63, 3.8) is 0 Å². The van der Waals surface area contributed by atoms with Crippen molar-refractivity contribution < 1.29 is 8.42 Å². The quantitative estimate of drug-likeness (QED) is 0.871. The maximum absolute atomic E-state index is 12.0. The van der Waals surface area contributed by atoms with E-state index in [-0.39, 0.29) is 15.7 Å². The maximum Gasteiger partial charge on any atom is 0.263 e. The van der Waals surface area contributed by atoms with Crippen molar-refractivity contribution in [1.29, 1.82) is 0 Å². The molecule has 0 fully saturated rings. The Labute approximate surface area is 109 Å². The number of pyridine rings is 1. The molecule has 7 nitrogen and oxygen atoms in total. The van der Waals surface area contributed by atoms with Gasteiger partial charge in [-0.05, 0) is 6.07 Å². The van der Waals surface area contributed by atoms with Crippen LogP contribution < -0.4 is 10.5 Å². The smallest absolute Gasteiger partial charge is 0.263 e. The first kappa shape index (κ1) is 12.7. The molecule has 0 aromatic carbocycles. The topological polar surface area (TPSA) is 103 Å². The second-order valence-corrected chi connectivity index (χ2v) is 5.64. The van der Waals surface area contributed by atoms with E-state index in [4.69, 9.17) is 17.3 Å².